The topological polar surface area (TPSA) is 52.1 Å². The lowest BCUT2D eigenvalue weighted by molar-refractivity contribution is 0.0829. The largest absolute Gasteiger partial charge is 0.497 e. The molecule has 1 aromatic carbocycles. The second-order valence-corrected chi connectivity index (χ2v) is 6.42. The maximum Gasteiger partial charge on any atom is 0.120 e. The van der Waals surface area contributed by atoms with Crippen molar-refractivity contribution < 1.29 is 4.74 Å². The highest BCUT2D eigenvalue weighted by Gasteiger charge is 2.37. The van der Waals surface area contributed by atoms with E-state index in [0.29, 0.717) is 18.4 Å². The molecule has 2 aliphatic rings. The van der Waals surface area contributed by atoms with Crippen LogP contribution >= 0.6 is 0 Å². The van der Waals surface area contributed by atoms with Gasteiger partial charge >= 0.3 is 0 Å². The van der Waals surface area contributed by atoms with Crippen LogP contribution in [0.3, 0.4) is 0 Å². The van der Waals surface area contributed by atoms with Gasteiger partial charge in [-0.1, -0.05) is 0 Å². The second kappa shape index (κ2) is 5.33. The molecule has 0 spiro atoms. The summed E-state index contributed by atoms with van der Waals surface area (Å²) in [4.78, 5) is 6.22. The summed E-state index contributed by atoms with van der Waals surface area (Å²) in [5.74, 6) is 1.34. The first-order valence-corrected chi connectivity index (χ1v) is 8.11. The molecule has 0 bridgehead atoms. The lowest BCUT2D eigenvalue weighted by Crippen LogP contribution is -2.43. The van der Waals surface area contributed by atoms with E-state index in [0.717, 1.165) is 37.2 Å². The van der Waals surface area contributed by atoms with Gasteiger partial charge in [-0.05, 0) is 49.4 Å². The van der Waals surface area contributed by atoms with Gasteiger partial charge < -0.3 is 9.72 Å². The molecule has 0 aliphatic carbocycles. The van der Waals surface area contributed by atoms with Crippen LogP contribution in [0, 0.1) is 17.2 Å². The minimum Gasteiger partial charge on any atom is -0.497 e. The van der Waals surface area contributed by atoms with Crippen molar-refractivity contribution in [2.45, 2.75) is 31.7 Å². The minimum atomic E-state index is 0.385. The van der Waals surface area contributed by atoms with E-state index in [-0.39, 0.29) is 0 Å². The van der Waals surface area contributed by atoms with Gasteiger partial charge in [0, 0.05) is 35.6 Å². The van der Waals surface area contributed by atoms with Crippen LogP contribution in [-0.2, 0) is 6.42 Å². The molecule has 0 unspecified atom stereocenters. The monoisotopic (exact) mass is 295 g/mol. The summed E-state index contributed by atoms with van der Waals surface area (Å²) in [5.41, 5.74) is 3.95. The summed E-state index contributed by atoms with van der Waals surface area (Å²) in [6.45, 7) is 2.27. The molecule has 22 heavy (non-hydrogen) atoms. The number of hydrogen-bond acceptors (Lipinski definition) is 3. The Morgan fingerprint density at radius 2 is 2.32 bits per heavy atom. The standard InChI is InChI=1S/C18H21N3O/c1-22-13-4-5-14-15-7-10-21-9-2-3-12(6-8-19)18(21)17(15)20-16(14)11-13/h4-5,11-12,18,20H,2-3,6-7,9-10H2,1H3/t12-,18+/m0/s1. The Kier molecular flexibility index (Phi) is 3.31. The number of fused-ring (bicyclic) bond motifs is 5. The number of hydrogen-bond donors (Lipinski definition) is 1. The van der Waals surface area contributed by atoms with Crippen LogP contribution in [0.5, 0.6) is 5.75 Å². The Bertz CT molecular complexity index is 743. The fraction of sp³-hybridized carbons (Fsp3) is 0.500. The third-order valence-corrected chi connectivity index (χ3v) is 5.30. The summed E-state index contributed by atoms with van der Waals surface area (Å²) in [6, 6.07) is 9.07. The second-order valence-electron chi connectivity index (χ2n) is 6.42. The maximum absolute atomic E-state index is 9.17. The number of ether oxygens (including phenoxy) is 1. The van der Waals surface area contributed by atoms with E-state index in [2.05, 4.69) is 28.1 Å². The smallest absolute Gasteiger partial charge is 0.120 e. The molecular weight excluding hydrogens is 274 g/mol. The van der Waals surface area contributed by atoms with E-state index in [1.165, 1.54) is 23.1 Å². The van der Waals surface area contributed by atoms with Gasteiger partial charge in [-0.15, -0.1) is 0 Å². The number of rotatable bonds is 2. The molecule has 1 N–H and O–H groups in total. The SMILES string of the molecule is COc1ccc2c3c([nH]c2c1)[C@H]1[C@H](CC#N)CCCN1CC3. The molecule has 0 amide bonds. The van der Waals surface area contributed by atoms with Crippen LogP contribution in [0.2, 0.25) is 0 Å². The Hall–Kier alpha value is -1.99. The van der Waals surface area contributed by atoms with Crippen molar-refractivity contribution in [3.8, 4) is 11.8 Å². The van der Waals surface area contributed by atoms with Gasteiger partial charge in [0.05, 0.1) is 19.2 Å². The van der Waals surface area contributed by atoms with Crippen LogP contribution in [0.25, 0.3) is 10.9 Å². The molecule has 0 radical (unpaired) electrons. The van der Waals surface area contributed by atoms with Gasteiger partial charge in [0.15, 0.2) is 0 Å². The third kappa shape index (κ3) is 2.00. The van der Waals surface area contributed by atoms with Crippen molar-refractivity contribution in [2.24, 2.45) is 5.92 Å². The number of nitrogens with zero attached hydrogens (tertiary/aromatic N) is 2. The number of aromatic amines is 1. The summed E-state index contributed by atoms with van der Waals surface area (Å²) < 4.78 is 5.35. The predicted molar refractivity (Wildman–Crippen MR) is 85.8 cm³/mol. The van der Waals surface area contributed by atoms with Crippen molar-refractivity contribution in [1.82, 2.24) is 9.88 Å². The molecule has 3 heterocycles. The third-order valence-electron chi connectivity index (χ3n) is 5.30. The molecular formula is C18H21N3O. The molecule has 4 heteroatoms. The van der Waals surface area contributed by atoms with Crippen molar-refractivity contribution in [1.29, 1.82) is 5.26 Å². The summed E-state index contributed by atoms with van der Waals surface area (Å²) in [7, 11) is 1.70. The molecule has 1 aromatic heterocycles. The average Bonchev–Trinajstić information content (AvgIpc) is 2.92. The number of H-pyrrole nitrogens is 1. The zero-order valence-electron chi connectivity index (χ0n) is 12.9. The zero-order chi connectivity index (χ0) is 15.1. The fourth-order valence-corrected chi connectivity index (χ4v) is 4.31. The van der Waals surface area contributed by atoms with Crippen LogP contribution in [-0.4, -0.2) is 30.1 Å². The lowest BCUT2D eigenvalue weighted by atomic mass is 9.81. The first-order valence-electron chi connectivity index (χ1n) is 8.11. The molecule has 0 saturated carbocycles. The van der Waals surface area contributed by atoms with Gasteiger partial charge in [0.2, 0.25) is 0 Å². The summed E-state index contributed by atoms with van der Waals surface area (Å²) in [5, 5.41) is 10.5. The van der Waals surface area contributed by atoms with Crippen LogP contribution < -0.4 is 4.74 Å². The van der Waals surface area contributed by atoms with Gasteiger partial charge in [-0.3, -0.25) is 4.90 Å². The number of methoxy groups -OCH3 is 1. The molecule has 1 fully saturated rings. The van der Waals surface area contributed by atoms with E-state index in [4.69, 9.17) is 10.00 Å². The molecule has 1 saturated heterocycles. The summed E-state index contributed by atoms with van der Waals surface area (Å²) in [6.07, 6.45) is 4.12. The minimum absolute atomic E-state index is 0.385. The van der Waals surface area contributed by atoms with Gasteiger partial charge in [-0.25, -0.2) is 0 Å². The maximum atomic E-state index is 9.17. The van der Waals surface area contributed by atoms with Crippen LogP contribution in [0.15, 0.2) is 18.2 Å². The Morgan fingerprint density at radius 3 is 3.14 bits per heavy atom. The number of aromatic nitrogens is 1. The normalized spacial score (nSPS) is 24.5. The fourth-order valence-electron chi connectivity index (χ4n) is 4.31. The van der Waals surface area contributed by atoms with Crippen molar-refractivity contribution in [3.63, 3.8) is 0 Å². The highest BCUT2D eigenvalue weighted by molar-refractivity contribution is 5.86. The van der Waals surface area contributed by atoms with E-state index < -0.39 is 0 Å². The van der Waals surface area contributed by atoms with E-state index in [1.54, 1.807) is 7.11 Å². The Morgan fingerprint density at radius 1 is 1.41 bits per heavy atom. The van der Waals surface area contributed by atoms with Gasteiger partial charge in [0.1, 0.15) is 5.75 Å². The number of piperidine rings is 1. The first kappa shape index (κ1) is 13.7. The van der Waals surface area contributed by atoms with Crippen molar-refractivity contribution in [2.75, 3.05) is 20.2 Å². The lowest BCUT2D eigenvalue weighted by Gasteiger charge is -2.43. The van der Waals surface area contributed by atoms with Crippen LogP contribution in [0.1, 0.15) is 36.6 Å². The molecule has 4 rings (SSSR count). The van der Waals surface area contributed by atoms with Crippen LogP contribution in [0.4, 0.5) is 0 Å². The van der Waals surface area contributed by atoms with Crippen molar-refractivity contribution in [3.05, 3.63) is 29.5 Å². The summed E-state index contributed by atoms with van der Waals surface area (Å²) >= 11 is 0. The number of nitriles is 1. The Balaban J connectivity index is 1.83. The number of benzene rings is 1. The quantitative estimate of drug-likeness (QED) is 0.924. The predicted octanol–water partition coefficient (Wildman–Crippen LogP) is 3.40. The first-order chi connectivity index (χ1) is 10.8. The van der Waals surface area contributed by atoms with Gasteiger partial charge in [0.25, 0.3) is 0 Å². The average molecular weight is 295 g/mol. The van der Waals surface area contributed by atoms with Crippen molar-refractivity contribution >= 4 is 10.9 Å². The molecule has 2 atom stereocenters. The molecule has 2 aromatic rings. The van der Waals surface area contributed by atoms with Gasteiger partial charge in [-0.2, -0.15) is 5.26 Å². The number of nitrogens with one attached hydrogen (secondary N) is 1. The van der Waals surface area contributed by atoms with E-state index >= 15 is 0 Å². The zero-order valence-corrected chi connectivity index (χ0v) is 12.9. The molecule has 114 valence electrons. The highest BCUT2D eigenvalue weighted by atomic mass is 16.5. The molecule has 4 nitrogen and oxygen atoms in total. The van der Waals surface area contributed by atoms with E-state index in [9.17, 15) is 0 Å². The Labute approximate surface area is 130 Å². The molecule has 2 aliphatic heterocycles. The van der Waals surface area contributed by atoms with E-state index in [1.807, 2.05) is 6.07 Å². The highest BCUT2D eigenvalue weighted by Crippen LogP contribution is 2.43.